The van der Waals surface area contributed by atoms with Gasteiger partial charge in [0.2, 0.25) is 0 Å². The fraction of sp³-hybridized carbons (Fsp3) is 0.118. The van der Waals surface area contributed by atoms with Gasteiger partial charge in [-0.3, -0.25) is 0 Å². The van der Waals surface area contributed by atoms with E-state index in [-0.39, 0.29) is 10.8 Å². The van der Waals surface area contributed by atoms with Gasteiger partial charge in [0.25, 0.3) is 0 Å². The zero-order valence-electron chi connectivity index (χ0n) is 19.9. The van der Waals surface area contributed by atoms with E-state index in [1.807, 2.05) is 0 Å². The number of hydrogen-bond acceptors (Lipinski definition) is 0. The molecule has 0 radical (unpaired) electrons. The largest absolute Gasteiger partial charge is 0.354 e. The lowest BCUT2D eigenvalue weighted by atomic mass is 9.55. The van der Waals surface area contributed by atoms with Crippen molar-refractivity contribution in [3.63, 3.8) is 0 Å². The van der Waals surface area contributed by atoms with Crippen molar-refractivity contribution in [3.05, 3.63) is 143 Å². The second kappa shape index (κ2) is 6.31. The number of aromatic nitrogens is 1. The van der Waals surface area contributed by atoms with Gasteiger partial charge in [-0.05, 0) is 45.0 Å². The molecule has 0 fully saturated rings. The van der Waals surface area contributed by atoms with Gasteiger partial charge in [-0.25, -0.2) is 0 Å². The van der Waals surface area contributed by atoms with Gasteiger partial charge in [0.05, 0.1) is 10.9 Å². The van der Waals surface area contributed by atoms with Crippen LogP contribution in [-0.2, 0) is 10.8 Å². The van der Waals surface area contributed by atoms with E-state index >= 15 is 0 Å². The molecule has 1 heteroatoms. The van der Waals surface area contributed by atoms with Gasteiger partial charge in [-0.2, -0.15) is 0 Å². The Morgan fingerprint density at radius 3 is 1.77 bits per heavy atom. The van der Waals surface area contributed by atoms with Crippen molar-refractivity contribution in [2.45, 2.75) is 24.7 Å². The molecule has 1 aromatic heterocycles. The number of benzene rings is 5. The molecular formula is C34H25N. The third-order valence-electron chi connectivity index (χ3n) is 8.69. The van der Waals surface area contributed by atoms with Crippen molar-refractivity contribution < 1.29 is 0 Å². The van der Waals surface area contributed by atoms with E-state index in [1.54, 1.807) is 0 Å². The number of nitrogens with one attached hydrogen (secondary N) is 1. The van der Waals surface area contributed by atoms with Crippen LogP contribution in [0.2, 0.25) is 0 Å². The van der Waals surface area contributed by atoms with Crippen LogP contribution in [0.3, 0.4) is 0 Å². The normalized spacial score (nSPS) is 16.2. The van der Waals surface area contributed by atoms with Crippen LogP contribution in [0.4, 0.5) is 0 Å². The highest BCUT2D eigenvalue weighted by atomic mass is 14.7. The first-order valence-electron chi connectivity index (χ1n) is 12.5. The van der Waals surface area contributed by atoms with E-state index in [0.29, 0.717) is 0 Å². The van der Waals surface area contributed by atoms with Crippen molar-refractivity contribution in [2.24, 2.45) is 0 Å². The minimum absolute atomic E-state index is 0.0789. The Labute approximate surface area is 205 Å². The number of H-pyrrole nitrogens is 1. The summed E-state index contributed by atoms with van der Waals surface area (Å²) in [5.74, 6) is 0. The molecule has 1 heterocycles. The first-order valence-corrected chi connectivity index (χ1v) is 12.5. The number of aromatic amines is 1. The molecule has 8 rings (SSSR count). The Balaban J connectivity index is 1.67. The van der Waals surface area contributed by atoms with Gasteiger partial charge in [-0.1, -0.05) is 117 Å². The third-order valence-corrected chi connectivity index (χ3v) is 8.69. The fourth-order valence-corrected chi connectivity index (χ4v) is 7.27. The molecule has 1 spiro atoms. The molecule has 5 aromatic carbocycles. The van der Waals surface area contributed by atoms with Crippen LogP contribution in [-0.4, -0.2) is 4.98 Å². The van der Waals surface area contributed by atoms with Crippen molar-refractivity contribution in [3.8, 4) is 11.1 Å². The van der Waals surface area contributed by atoms with Crippen LogP contribution in [0, 0.1) is 0 Å². The Hall–Kier alpha value is -4.10. The molecule has 166 valence electrons. The number of rotatable bonds is 0. The molecular weight excluding hydrogens is 422 g/mol. The van der Waals surface area contributed by atoms with Gasteiger partial charge < -0.3 is 4.98 Å². The highest BCUT2D eigenvalue weighted by molar-refractivity contribution is 6.12. The third kappa shape index (κ3) is 2.12. The summed E-state index contributed by atoms with van der Waals surface area (Å²) in [7, 11) is 0. The van der Waals surface area contributed by atoms with Gasteiger partial charge in [0.15, 0.2) is 0 Å². The van der Waals surface area contributed by atoms with Crippen LogP contribution in [0.25, 0.3) is 32.9 Å². The second-order valence-electron chi connectivity index (χ2n) is 10.6. The number of fused-ring (bicyclic) bond motifs is 13. The molecule has 0 saturated heterocycles. The Bertz CT molecular complexity index is 1780. The van der Waals surface area contributed by atoms with E-state index in [2.05, 4.69) is 128 Å². The molecule has 0 bridgehead atoms. The fourth-order valence-electron chi connectivity index (χ4n) is 7.27. The Morgan fingerprint density at radius 1 is 0.486 bits per heavy atom. The lowest BCUT2D eigenvalue weighted by Gasteiger charge is -2.46. The summed E-state index contributed by atoms with van der Waals surface area (Å²) in [5, 5.41) is 2.58. The van der Waals surface area contributed by atoms with Gasteiger partial charge in [0.1, 0.15) is 0 Å². The SMILES string of the molecule is CC1(C)c2ccccc2C2(c3ccccc3-c3ccc4c([nH]c5ccccc54)c32)c2ccccc21. The molecule has 35 heavy (non-hydrogen) atoms. The monoisotopic (exact) mass is 447 g/mol. The minimum atomic E-state index is -0.366. The lowest BCUT2D eigenvalue weighted by Crippen LogP contribution is -2.40. The van der Waals surface area contributed by atoms with Gasteiger partial charge in [-0.15, -0.1) is 0 Å². The van der Waals surface area contributed by atoms with Crippen molar-refractivity contribution >= 4 is 21.8 Å². The van der Waals surface area contributed by atoms with Crippen LogP contribution < -0.4 is 0 Å². The number of hydrogen-bond donors (Lipinski definition) is 1. The molecule has 1 nitrogen and oxygen atoms in total. The average molecular weight is 448 g/mol. The molecule has 0 unspecified atom stereocenters. The maximum atomic E-state index is 3.87. The number of para-hydroxylation sites is 1. The van der Waals surface area contributed by atoms with Crippen LogP contribution in [0.1, 0.15) is 47.2 Å². The van der Waals surface area contributed by atoms with Gasteiger partial charge in [0, 0.05) is 27.3 Å². The van der Waals surface area contributed by atoms with E-state index in [9.17, 15) is 0 Å². The summed E-state index contributed by atoms with van der Waals surface area (Å²) in [6, 6.07) is 40.7. The summed E-state index contributed by atoms with van der Waals surface area (Å²) in [4.78, 5) is 3.87. The molecule has 0 amide bonds. The molecule has 0 atom stereocenters. The smallest absolute Gasteiger partial charge is 0.0740 e. The zero-order chi connectivity index (χ0) is 23.4. The van der Waals surface area contributed by atoms with Crippen molar-refractivity contribution in [2.75, 3.05) is 0 Å². The summed E-state index contributed by atoms with van der Waals surface area (Å²) >= 11 is 0. The quantitative estimate of drug-likeness (QED) is 0.240. The summed E-state index contributed by atoms with van der Waals surface area (Å²) in [5.41, 5.74) is 13.1. The molecule has 1 N–H and O–H groups in total. The average Bonchev–Trinajstić information content (AvgIpc) is 3.42. The lowest BCUT2D eigenvalue weighted by molar-refractivity contribution is 0.564. The summed E-state index contributed by atoms with van der Waals surface area (Å²) < 4.78 is 0. The first kappa shape index (κ1) is 19.2. The molecule has 0 aliphatic heterocycles. The van der Waals surface area contributed by atoms with E-state index in [4.69, 9.17) is 0 Å². The zero-order valence-corrected chi connectivity index (χ0v) is 19.9. The topological polar surface area (TPSA) is 15.8 Å². The van der Waals surface area contributed by atoms with E-state index < -0.39 is 0 Å². The standard InChI is InChI=1S/C34H25N/c1-33(2)26-14-6-8-16-28(26)34(29-17-9-7-15-27(29)33)25-13-5-3-11-21(25)23-19-20-24-22-12-4-10-18-30(22)35-32(24)31(23)34/h3-20,35H,1-2H3. The highest BCUT2D eigenvalue weighted by Crippen LogP contribution is 2.63. The second-order valence-corrected chi connectivity index (χ2v) is 10.6. The summed E-state index contributed by atoms with van der Waals surface area (Å²) in [6.07, 6.45) is 0. The Morgan fingerprint density at radius 2 is 1.06 bits per heavy atom. The van der Waals surface area contributed by atoms with E-state index in [0.717, 1.165) is 0 Å². The van der Waals surface area contributed by atoms with Gasteiger partial charge >= 0.3 is 0 Å². The maximum Gasteiger partial charge on any atom is 0.0740 e. The highest BCUT2D eigenvalue weighted by Gasteiger charge is 2.54. The van der Waals surface area contributed by atoms with Crippen LogP contribution in [0.5, 0.6) is 0 Å². The van der Waals surface area contributed by atoms with Crippen molar-refractivity contribution in [1.29, 1.82) is 0 Å². The predicted octanol–water partition coefficient (Wildman–Crippen LogP) is 8.32. The molecule has 6 aromatic rings. The van der Waals surface area contributed by atoms with E-state index in [1.165, 1.54) is 66.3 Å². The molecule has 0 saturated carbocycles. The minimum Gasteiger partial charge on any atom is -0.354 e. The molecule has 2 aliphatic carbocycles. The predicted molar refractivity (Wildman–Crippen MR) is 145 cm³/mol. The van der Waals surface area contributed by atoms with Crippen LogP contribution in [0.15, 0.2) is 109 Å². The summed E-state index contributed by atoms with van der Waals surface area (Å²) in [6.45, 7) is 4.76. The van der Waals surface area contributed by atoms with Crippen LogP contribution >= 0.6 is 0 Å². The maximum absolute atomic E-state index is 3.87. The first-order chi connectivity index (χ1) is 17.1. The molecule has 2 aliphatic rings. The Kier molecular flexibility index (Phi) is 3.47. The van der Waals surface area contributed by atoms with Crippen molar-refractivity contribution in [1.82, 2.24) is 4.98 Å².